The highest BCUT2D eigenvalue weighted by Crippen LogP contribution is 2.29. The van der Waals surface area contributed by atoms with Crippen LogP contribution in [0.3, 0.4) is 0 Å². The number of fused-ring (bicyclic) bond motifs is 3. The van der Waals surface area contributed by atoms with Gasteiger partial charge in [-0.05, 0) is 47.5 Å². The third-order valence-corrected chi connectivity index (χ3v) is 6.25. The molecule has 0 atom stereocenters. The van der Waals surface area contributed by atoms with Gasteiger partial charge in [-0.1, -0.05) is 48.2 Å². The molecular formula is C25H19FN2O3S. The monoisotopic (exact) mass is 446 g/mol. The summed E-state index contributed by atoms with van der Waals surface area (Å²) >= 11 is 1.43. The third-order valence-electron chi connectivity index (χ3n) is 5.20. The zero-order chi connectivity index (χ0) is 22.1. The summed E-state index contributed by atoms with van der Waals surface area (Å²) in [6.45, 7) is 0.321. The Balaban J connectivity index is 1.62. The maximum Gasteiger partial charge on any atom is 0.298 e. The normalized spacial score (nSPS) is 11.3. The summed E-state index contributed by atoms with van der Waals surface area (Å²) in [5, 5.41) is 1.37. The van der Waals surface area contributed by atoms with Crippen LogP contribution in [-0.4, -0.2) is 16.7 Å². The average molecular weight is 447 g/mol. The molecule has 0 fully saturated rings. The molecule has 0 aliphatic rings. The topological polar surface area (TPSA) is 57.3 Å². The van der Waals surface area contributed by atoms with Crippen molar-refractivity contribution in [2.75, 3.05) is 7.11 Å². The lowest BCUT2D eigenvalue weighted by molar-refractivity contribution is 0.414. The molecule has 5 aromatic rings. The van der Waals surface area contributed by atoms with Crippen LogP contribution in [-0.2, 0) is 12.3 Å². The van der Waals surface area contributed by atoms with E-state index in [9.17, 15) is 9.18 Å². The zero-order valence-electron chi connectivity index (χ0n) is 17.2. The van der Waals surface area contributed by atoms with Crippen LogP contribution < -0.4 is 10.3 Å². The molecule has 5 rings (SSSR count). The maximum absolute atomic E-state index is 13.5. The highest BCUT2D eigenvalue weighted by molar-refractivity contribution is 7.98. The first-order chi connectivity index (χ1) is 15.6. The highest BCUT2D eigenvalue weighted by atomic mass is 32.2. The van der Waals surface area contributed by atoms with Crippen LogP contribution >= 0.6 is 11.8 Å². The molecule has 0 N–H and O–H groups in total. The Morgan fingerprint density at radius 3 is 2.66 bits per heavy atom. The number of hydrogen-bond donors (Lipinski definition) is 0. The van der Waals surface area contributed by atoms with Crippen LogP contribution in [0, 0.1) is 5.82 Å². The average Bonchev–Trinajstić information content (AvgIpc) is 3.20. The standard InChI is InChI=1S/C25H19FN2O3S/c1-30-19-6-4-5-17(13-19)14-28-24(29)23-22(20-7-2-3-8-21(20)31-23)27-25(28)32-15-16-9-11-18(26)12-10-16/h2-13H,14-15H2,1H3. The van der Waals surface area contributed by atoms with Gasteiger partial charge in [0, 0.05) is 11.1 Å². The van der Waals surface area contributed by atoms with Crippen molar-refractivity contribution in [2.45, 2.75) is 17.5 Å². The molecule has 0 saturated heterocycles. The van der Waals surface area contributed by atoms with E-state index in [1.54, 1.807) is 23.8 Å². The molecule has 2 aromatic heterocycles. The minimum Gasteiger partial charge on any atom is -0.497 e. The summed E-state index contributed by atoms with van der Waals surface area (Å²) in [5.74, 6) is 0.985. The Hall–Kier alpha value is -3.58. The van der Waals surface area contributed by atoms with Crippen molar-refractivity contribution in [3.63, 3.8) is 0 Å². The van der Waals surface area contributed by atoms with E-state index in [0.717, 1.165) is 16.5 Å². The van der Waals surface area contributed by atoms with Gasteiger partial charge >= 0.3 is 0 Å². The fourth-order valence-electron chi connectivity index (χ4n) is 3.58. The molecule has 160 valence electrons. The molecule has 2 heterocycles. The smallest absolute Gasteiger partial charge is 0.298 e. The van der Waals surface area contributed by atoms with E-state index in [1.165, 1.54) is 23.9 Å². The zero-order valence-corrected chi connectivity index (χ0v) is 18.1. The van der Waals surface area contributed by atoms with E-state index in [0.29, 0.717) is 34.3 Å². The van der Waals surface area contributed by atoms with E-state index >= 15 is 0 Å². The van der Waals surface area contributed by atoms with E-state index in [2.05, 4.69) is 0 Å². The summed E-state index contributed by atoms with van der Waals surface area (Å²) < 4.78 is 26.1. The second-order valence-corrected chi connectivity index (χ2v) is 8.27. The van der Waals surface area contributed by atoms with E-state index in [-0.39, 0.29) is 17.0 Å². The lowest BCUT2D eigenvalue weighted by Gasteiger charge is -2.12. The summed E-state index contributed by atoms with van der Waals surface area (Å²) in [5.41, 5.74) is 3.02. The summed E-state index contributed by atoms with van der Waals surface area (Å²) in [7, 11) is 1.61. The lowest BCUT2D eigenvalue weighted by Crippen LogP contribution is -2.23. The van der Waals surface area contributed by atoms with Crippen LogP contribution in [0.25, 0.3) is 22.1 Å². The fourth-order valence-corrected chi connectivity index (χ4v) is 4.53. The Kier molecular flexibility index (Phi) is 5.41. The SMILES string of the molecule is COc1cccc(Cn2c(SCc3ccc(F)cc3)nc3c(oc4ccccc43)c2=O)c1. The van der Waals surface area contributed by atoms with Crippen molar-refractivity contribution in [1.82, 2.24) is 9.55 Å². The van der Waals surface area contributed by atoms with E-state index in [1.807, 2.05) is 48.5 Å². The highest BCUT2D eigenvalue weighted by Gasteiger charge is 2.18. The number of ether oxygens (including phenoxy) is 1. The van der Waals surface area contributed by atoms with Gasteiger partial charge in [-0.2, -0.15) is 0 Å². The number of thioether (sulfide) groups is 1. The van der Waals surface area contributed by atoms with Crippen molar-refractivity contribution in [3.05, 3.63) is 100 Å². The molecule has 0 unspecified atom stereocenters. The molecule has 0 aliphatic carbocycles. The maximum atomic E-state index is 13.5. The Labute approximate surface area is 187 Å². The van der Waals surface area contributed by atoms with Gasteiger partial charge in [0.15, 0.2) is 5.16 Å². The number of para-hydroxylation sites is 1. The van der Waals surface area contributed by atoms with Crippen molar-refractivity contribution in [3.8, 4) is 5.75 Å². The molecule has 0 spiro atoms. The first-order valence-electron chi connectivity index (χ1n) is 10.0. The van der Waals surface area contributed by atoms with Crippen molar-refractivity contribution in [1.29, 1.82) is 0 Å². The molecule has 32 heavy (non-hydrogen) atoms. The molecule has 0 radical (unpaired) electrons. The number of nitrogens with zero attached hydrogens (tertiary/aromatic N) is 2. The predicted molar refractivity (Wildman–Crippen MR) is 124 cm³/mol. The first-order valence-corrected chi connectivity index (χ1v) is 11.0. The minimum absolute atomic E-state index is 0.236. The van der Waals surface area contributed by atoms with Gasteiger partial charge in [-0.3, -0.25) is 9.36 Å². The molecular weight excluding hydrogens is 427 g/mol. The number of aromatic nitrogens is 2. The van der Waals surface area contributed by atoms with Crippen molar-refractivity contribution >= 4 is 33.8 Å². The van der Waals surface area contributed by atoms with Crippen molar-refractivity contribution < 1.29 is 13.5 Å². The Bertz CT molecular complexity index is 1470. The molecule has 0 amide bonds. The summed E-state index contributed by atoms with van der Waals surface area (Å²) in [6, 6.07) is 21.4. The van der Waals surface area contributed by atoms with Crippen LogP contribution in [0.15, 0.2) is 87.2 Å². The second-order valence-electron chi connectivity index (χ2n) is 7.33. The first kappa shape index (κ1) is 20.3. The van der Waals surface area contributed by atoms with E-state index in [4.69, 9.17) is 14.1 Å². The van der Waals surface area contributed by atoms with E-state index < -0.39 is 0 Å². The summed E-state index contributed by atoms with van der Waals surface area (Å²) in [4.78, 5) is 18.3. The summed E-state index contributed by atoms with van der Waals surface area (Å²) in [6.07, 6.45) is 0. The number of methoxy groups -OCH3 is 1. The van der Waals surface area contributed by atoms with Gasteiger partial charge in [0.05, 0.1) is 13.7 Å². The molecule has 7 heteroatoms. The van der Waals surface area contributed by atoms with Crippen LogP contribution in [0.5, 0.6) is 5.75 Å². The van der Waals surface area contributed by atoms with Gasteiger partial charge < -0.3 is 9.15 Å². The Morgan fingerprint density at radius 1 is 1.03 bits per heavy atom. The van der Waals surface area contributed by atoms with Gasteiger partial charge in [-0.15, -0.1) is 0 Å². The van der Waals surface area contributed by atoms with Gasteiger partial charge in [0.25, 0.3) is 5.56 Å². The lowest BCUT2D eigenvalue weighted by atomic mass is 10.2. The predicted octanol–water partition coefficient (Wildman–Crippen LogP) is 5.63. The number of rotatable bonds is 6. The fraction of sp³-hybridized carbons (Fsp3) is 0.120. The number of halogens is 1. The van der Waals surface area contributed by atoms with Crippen LogP contribution in [0.2, 0.25) is 0 Å². The number of hydrogen-bond acceptors (Lipinski definition) is 5. The molecule has 5 nitrogen and oxygen atoms in total. The second kappa shape index (κ2) is 8.51. The molecule has 0 bridgehead atoms. The van der Waals surface area contributed by atoms with Crippen molar-refractivity contribution in [2.24, 2.45) is 0 Å². The largest absolute Gasteiger partial charge is 0.497 e. The van der Waals surface area contributed by atoms with Gasteiger partial charge in [-0.25, -0.2) is 9.37 Å². The van der Waals surface area contributed by atoms with Crippen LogP contribution in [0.4, 0.5) is 4.39 Å². The van der Waals surface area contributed by atoms with Gasteiger partial charge in [0.1, 0.15) is 22.7 Å². The minimum atomic E-state index is -0.280. The van der Waals surface area contributed by atoms with Crippen LogP contribution in [0.1, 0.15) is 11.1 Å². The quantitative estimate of drug-likeness (QED) is 0.250. The number of furan rings is 1. The molecule has 0 aliphatic heterocycles. The third kappa shape index (κ3) is 3.87. The van der Waals surface area contributed by atoms with Gasteiger partial charge in [0.2, 0.25) is 5.58 Å². The molecule has 0 saturated carbocycles. The molecule has 3 aromatic carbocycles. The number of benzene rings is 3. The Morgan fingerprint density at radius 2 is 1.84 bits per heavy atom.